The zero-order valence-corrected chi connectivity index (χ0v) is 10.7. The highest BCUT2D eigenvalue weighted by Gasteiger charge is 2.53. The van der Waals surface area contributed by atoms with Gasteiger partial charge in [0.05, 0.1) is 11.2 Å². The third-order valence-electron chi connectivity index (χ3n) is 3.77. The molecule has 90 valence electrons. The molecule has 3 nitrogen and oxygen atoms in total. The first-order valence-corrected chi connectivity index (χ1v) is 5.71. The van der Waals surface area contributed by atoms with Crippen LogP contribution in [0.4, 0.5) is 0 Å². The molecule has 0 aromatic rings. The summed E-state index contributed by atoms with van der Waals surface area (Å²) in [7, 11) is -0.443. The molecule has 1 saturated heterocycles. The van der Waals surface area contributed by atoms with Crippen molar-refractivity contribution in [1.82, 2.24) is 0 Å². The van der Waals surface area contributed by atoms with Crippen molar-refractivity contribution in [2.75, 3.05) is 0 Å². The summed E-state index contributed by atoms with van der Waals surface area (Å²) < 4.78 is 11.8. The Morgan fingerprint density at radius 2 is 1.71 bits per heavy atom. The van der Waals surface area contributed by atoms with E-state index in [9.17, 15) is 4.79 Å². The second kappa shape index (κ2) is 3.69. The van der Waals surface area contributed by atoms with E-state index in [2.05, 4.69) is 6.58 Å². The Bertz CT molecular complexity index is 428. The number of hydrogen-bond acceptors (Lipinski definition) is 3. The monoisotopic (exact) mass is 232 g/mol. The molecule has 1 fully saturated rings. The van der Waals surface area contributed by atoms with Crippen LogP contribution in [0.1, 0.15) is 27.7 Å². The maximum absolute atomic E-state index is 10.8. The lowest BCUT2D eigenvalue weighted by molar-refractivity contribution is -0.104. The van der Waals surface area contributed by atoms with Crippen molar-refractivity contribution < 1.29 is 14.1 Å². The smallest absolute Gasteiger partial charge is 0.399 e. The molecule has 0 spiro atoms. The van der Waals surface area contributed by atoms with Crippen molar-refractivity contribution in [2.45, 2.75) is 38.9 Å². The molecule has 0 bridgehead atoms. The SMILES string of the molecule is C=C1C(C=O)=CC=C1B1OC(C)(C)C(C)(C)O1. The highest BCUT2D eigenvalue weighted by molar-refractivity contribution is 6.56. The number of rotatable bonds is 2. The van der Waals surface area contributed by atoms with E-state index >= 15 is 0 Å². The van der Waals surface area contributed by atoms with Crippen molar-refractivity contribution in [3.05, 3.63) is 35.3 Å². The molecule has 1 heterocycles. The van der Waals surface area contributed by atoms with Gasteiger partial charge in [0, 0.05) is 5.57 Å². The van der Waals surface area contributed by atoms with Crippen LogP contribution in [0.15, 0.2) is 35.3 Å². The van der Waals surface area contributed by atoms with Gasteiger partial charge in [0.15, 0.2) is 6.29 Å². The summed E-state index contributed by atoms with van der Waals surface area (Å²) in [5.74, 6) is 0. The van der Waals surface area contributed by atoms with Crippen molar-refractivity contribution >= 4 is 13.4 Å². The van der Waals surface area contributed by atoms with E-state index in [1.165, 1.54) is 0 Å². The molecular weight excluding hydrogens is 215 g/mol. The molecule has 4 heteroatoms. The number of allylic oxidation sites excluding steroid dienone is 5. The van der Waals surface area contributed by atoms with Gasteiger partial charge in [0.1, 0.15) is 0 Å². The standard InChI is InChI=1S/C13H17BO3/c1-9-10(8-15)6-7-11(9)14-16-12(2,3)13(4,5)17-14/h6-8H,1H2,2-5H3. The maximum Gasteiger partial charge on any atom is 0.495 e. The minimum Gasteiger partial charge on any atom is -0.399 e. The summed E-state index contributed by atoms with van der Waals surface area (Å²) in [6.45, 7) is 11.9. The number of carbonyl (C=O) groups is 1. The third-order valence-corrected chi connectivity index (χ3v) is 3.77. The second-order valence-electron chi connectivity index (χ2n) is 5.43. The van der Waals surface area contributed by atoms with Crippen LogP contribution in [0.5, 0.6) is 0 Å². The van der Waals surface area contributed by atoms with Gasteiger partial charge < -0.3 is 9.31 Å². The highest BCUT2D eigenvalue weighted by atomic mass is 16.7. The normalized spacial score (nSPS) is 25.9. The first kappa shape index (κ1) is 12.3. The molecule has 0 saturated carbocycles. The lowest BCUT2D eigenvalue weighted by Gasteiger charge is -2.32. The second-order valence-corrected chi connectivity index (χ2v) is 5.43. The van der Waals surface area contributed by atoms with E-state index in [1.54, 1.807) is 6.08 Å². The van der Waals surface area contributed by atoms with Crippen LogP contribution >= 0.6 is 0 Å². The van der Waals surface area contributed by atoms with Crippen LogP contribution in [0, 0.1) is 0 Å². The Labute approximate surface area is 102 Å². The molecule has 1 aliphatic carbocycles. The van der Waals surface area contributed by atoms with Crippen LogP contribution in [0.2, 0.25) is 0 Å². The molecule has 0 unspecified atom stereocenters. The van der Waals surface area contributed by atoms with Crippen LogP contribution < -0.4 is 0 Å². The van der Waals surface area contributed by atoms with Gasteiger partial charge in [-0.1, -0.05) is 18.7 Å². The molecule has 0 radical (unpaired) electrons. The molecule has 0 atom stereocenters. The molecule has 0 N–H and O–H groups in total. The lowest BCUT2D eigenvalue weighted by Crippen LogP contribution is -2.41. The lowest BCUT2D eigenvalue weighted by atomic mass is 9.74. The fourth-order valence-corrected chi connectivity index (χ4v) is 1.85. The van der Waals surface area contributed by atoms with Crippen molar-refractivity contribution in [2.24, 2.45) is 0 Å². The molecule has 0 amide bonds. The fraction of sp³-hybridized carbons (Fsp3) is 0.462. The predicted octanol–water partition coefficient (Wildman–Crippen LogP) is 2.24. The summed E-state index contributed by atoms with van der Waals surface area (Å²) in [5, 5.41) is 0. The first-order chi connectivity index (χ1) is 7.78. The minimum atomic E-state index is -0.443. The quantitative estimate of drug-likeness (QED) is 0.541. The largest absolute Gasteiger partial charge is 0.495 e. The van der Waals surface area contributed by atoms with Gasteiger partial charge in [-0.25, -0.2) is 0 Å². The molecule has 1 aliphatic heterocycles. The molecule has 17 heavy (non-hydrogen) atoms. The van der Waals surface area contributed by atoms with Gasteiger partial charge in [0.25, 0.3) is 0 Å². The van der Waals surface area contributed by atoms with Gasteiger partial charge in [0.2, 0.25) is 0 Å². The van der Waals surface area contributed by atoms with E-state index in [0.29, 0.717) is 11.1 Å². The molecule has 0 aromatic carbocycles. The van der Waals surface area contributed by atoms with Gasteiger partial charge >= 0.3 is 7.12 Å². The average Bonchev–Trinajstić information content (AvgIpc) is 2.65. The van der Waals surface area contributed by atoms with Crippen LogP contribution in [0.3, 0.4) is 0 Å². The van der Waals surface area contributed by atoms with Gasteiger partial charge in [-0.2, -0.15) is 0 Å². The summed E-state index contributed by atoms with van der Waals surface area (Å²) in [5.41, 5.74) is 1.38. The van der Waals surface area contributed by atoms with E-state index < -0.39 is 7.12 Å². The van der Waals surface area contributed by atoms with Crippen molar-refractivity contribution in [3.8, 4) is 0 Å². The van der Waals surface area contributed by atoms with Crippen molar-refractivity contribution in [3.63, 3.8) is 0 Å². The van der Waals surface area contributed by atoms with Crippen molar-refractivity contribution in [1.29, 1.82) is 0 Å². The van der Waals surface area contributed by atoms with E-state index in [-0.39, 0.29) is 11.2 Å². The summed E-state index contributed by atoms with van der Waals surface area (Å²) >= 11 is 0. The van der Waals surface area contributed by atoms with E-state index in [4.69, 9.17) is 9.31 Å². The van der Waals surface area contributed by atoms with Gasteiger partial charge in [-0.15, -0.1) is 0 Å². The van der Waals surface area contributed by atoms with Crippen LogP contribution in [-0.4, -0.2) is 24.6 Å². The Balaban J connectivity index is 2.20. The van der Waals surface area contributed by atoms with Crippen LogP contribution in [-0.2, 0) is 14.1 Å². The Hall–Kier alpha value is -1.13. The fourth-order valence-electron chi connectivity index (χ4n) is 1.85. The topological polar surface area (TPSA) is 35.5 Å². The average molecular weight is 232 g/mol. The Morgan fingerprint density at radius 3 is 2.12 bits per heavy atom. The zero-order chi connectivity index (χ0) is 12.8. The van der Waals surface area contributed by atoms with Crippen LogP contribution in [0.25, 0.3) is 0 Å². The number of carbonyl (C=O) groups excluding carboxylic acids is 1. The predicted molar refractivity (Wildman–Crippen MR) is 67.5 cm³/mol. The Kier molecular flexibility index (Phi) is 2.67. The third kappa shape index (κ3) is 1.81. The molecule has 2 aliphatic rings. The number of hydrogen-bond donors (Lipinski definition) is 0. The van der Waals surface area contributed by atoms with Gasteiger partial charge in [-0.05, 0) is 38.7 Å². The summed E-state index contributed by atoms with van der Waals surface area (Å²) in [6, 6.07) is 0. The minimum absolute atomic E-state index is 0.372. The zero-order valence-electron chi connectivity index (χ0n) is 10.7. The maximum atomic E-state index is 10.8. The first-order valence-electron chi connectivity index (χ1n) is 5.71. The highest BCUT2D eigenvalue weighted by Crippen LogP contribution is 2.41. The van der Waals surface area contributed by atoms with E-state index in [0.717, 1.165) is 11.8 Å². The summed E-state index contributed by atoms with van der Waals surface area (Å²) in [6.07, 6.45) is 4.39. The van der Waals surface area contributed by atoms with E-state index in [1.807, 2.05) is 33.8 Å². The number of aldehydes is 1. The molecule has 2 rings (SSSR count). The van der Waals surface area contributed by atoms with Gasteiger partial charge in [-0.3, -0.25) is 4.79 Å². The molecule has 0 aromatic heterocycles. The Morgan fingerprint density at radius 1 is 1.18 bits per heavy atom. The molecular formula is C13H17BO3. The summed E-state index contributed by atoms with van der Waals surface area (Å²) in [4.78, 5) is 10.8.